The van der Waals surface area contributed by atoms with E-state index in [1.807, 2.05) is 25.2 Å². The van der Waals surface area contributed by atoms with Crippen LogP contribution in [0.3, 0.4) is 0 Å². The minimum absolute atomic E-state index is 0.0500. The van der Waals surface area contributed by atoms with Crippen LogP contribution in [-0.2, 0) is 16.0 Å². The minimum Gasteiger partial charge on any atom is -0.355 e. The molecule has 0 bridgehead atoms. The topological polar surface area (TPSA) is 53.9 Å². The lowest BCUT2D eigenvalue weighted by atomic mass is 9.98. The van der Waals surface area contributed by atoms with E-state index < -0.39 is 0 Å². The van der Waals surface area contributed by atoms with Crippen LogP contribution in [0, 0.1) is 0 Å². The van der Waals surface area contributed by atoms with Crippen LogP contribution in [0.15, 0.2) is 29.0 Å². The van der Waals surface area contributed by atoms with Gasteiger partial charge in [-0.25, -0.2) is 0 Å². The molecule has 0 spiro atoms. The van der Waals surface area contributed by atoms with Crippen molar-refractivity contribution in [2.75, 3.05) is 32.7 Å². The highest BCUT2D eigenvalue weighted by atomic mass is 32.1. The summed E-state index contributed by atoms with van der Waals surface area (Å²) in [6.07, 6.45) is 1.01. The molecule has 5 nitrogen and oxygen atoms in total. The summed E-state index contributed by atoms with van der Waals surface area (Å²) in [5.41, 5.74) is 1.36. The fourth-order valence-corrected chi connectivity index (χ4v) is 5.38. The van der Waals surface area contributed by atoms with Gasteiger partial charge in [0, 0.05) is 30.0 Å². The summed E-state index contributed by atoms with van der Waals surface area (Å²) in [7, 11) is 0. The molecule has 0 aromatic carbocycles. The van der Waals surface area contributed by atoms with Gasteiger partial charge in [0.05, 0.1) is 18.0 Å². The number of carbonyl (C=O) groups is 2. The number of hydrogen-bond acceptors (Lipinski definition) is 4. The maximum absolute atomic E-state index is 12.9. The normalized spacial score (nSPS) is 19.0. The first-order valence-electron chi connectivity index (χ1n) is 9.12. The van der Waals surface area contributed by atoms with Crippen LogP contribution in [0.5, 0.6) is 0 Å². The quantitative estimate of drug-likeness (QED) is 0.747. The predicted molar refractivity (Wildman–Crippen MR) is 106 cm³/mol. The number of nitrogens with zero attached hydrogens (tertiary/aromatic N) is 1. The van der Waals surface area contributed by atoms with E-state index in [1.165, 1.54) is 20.2 Å². The van der Waals surface area contributed by atoms with Crippen molar-refractivity contribution in [1.29, 1.82) is 0 Å². The second-order valence-corrected chi connectivity index (χ2v) is 8.42. The van der Waals surface area contributed by atoms with E-state index in [4.69, 9.17) is 0 Å². The van der Waals surface area contributed by atoms with E-state index in [-0.39, 0.29) is 24.4 Å². The Morgan fingerprint density at radius 2 is 2.12 bits per heavy atom. The Morgan fingerprint density at radius 1 is 1.27 bits per heavy atom. The number of thiophene rings is 2. The number of quaternary nitrogens is 1. The van der Waals surface area contributed by atoms with E-state index in [0.717, 1.165) is 13.0 Å². The average molecular weight is 393 g/mol. The fraction of sp³-hybridized carbons (Fsp3) is 0.474. The molecule has 0 saturated carbocycles. The molecule has 7 heteroatoms. The molecule has 140 valence electrons. The monoisotopic (exact) mass is 392 g/mol. The van der Waals surface area contributed by atoms with E-state index in [0.29, 0.717) is 19.6 Å². The zero-order valence-corrected chi connectivity index (χ0v) is 16.9. The van der Waals surface area contributed by atoms with Crippen LogP contribution < -0.4 is 10.2 Å². The first-order valence-corrected chi connectivity index (χ1v) is 10.9. The second kappa shape index (κ2) is 8.79. The van der Waals surface area contributed by atoms with Crippen LogP contribution in [-0.4, -0.2) is 49.4 Å². The summed E-state index contributed by atoms with van der Waals surface area (Å²) in [6.45, 7) is 6.46. The number of amides is 2. The number of carbonyl (C=O) groups excluding carboxylic acids is 2. The highest BCUT2D eigenvalue weighted by molar-refractivity contribution is 7.10. The summed E-state index contributed by atoms with van der Waals surface area (Å²) in [4.78, 5) is 30.4. The lowest BCUT2D eigenvalue weighted by Gasteiger charge is -2.33. The van der Waals surface area contributed by atoms with Gasteiger partial charge in [-0.2, -0.15) is 0 Å². The molecule has 2 aromatic heterocycles. The molecule has 0 radical (unpaired) electrons. The number of hydrogen-bond donors (Lipinski definition) is 2. The van der Waals surface area contributed by atoms with Gasteiger partial charge in [-0.15, -0.1) is 22.7 Å². The zero-order valence-electron chi connectivity index (χ0n) is 15.3. The third kappa shape index (κ3) is 4.16. The van der Waals surface area contributed by atoms with Crippen LogP contribution in [0.1, 0.15) is 35.2 Å². The van der Waals surface area contributed by atoms with Gasteiger partial charge in [0.15, 0.2) is 6.54 Å². The Kier molecular flexibility index (Phi) is 6.45. The maximum atomic E-state index is 12.9. The third-order valence-electron chi connectivity index (χ3n) is 4.82. The summed E-state index contributed by atoms with van der Waals surface area (Å²) in [5, 5.41) is 7.03. The molecule has 1 aliphatic rings. The van der Waals surface area contributed by atoms with Crippen molar-refractivity contribution in [3.63, 3.8) is 0 Å². The minimum atomic E-state index is -0.0914. The highest BCUT2D eigenvalue weighted by Crippen LogP contribution is 2.31. The Balaban J connectivity index is 1.75. The van der Waals surface area contributed by atoms with Crippen LogP contribution >= 0.6 is 22.7 Å². The third-order valence-corrected chi connectivity index (χ3v) is 6.75. The van der Waals surface area contributed by atoms with Gasteiger partial charge in [0.1, 0.15) is 6.04 Å². The predicted octanol–water partition coefficient (Wildman–Crippen LogP) is 1.32. The van der Waals surface area contributed by atoms with Crippen LogP contribution in [0.2, 0.25) is 0 Å². The Bertz CT molecular complexity index is 742. The van der Waals surface area contributed by atoms with Gasteiger partial charge < -0.3 is 15.1 Å². The molecule has 3 rings (SSSR count). The lowest BCUT2D eigenvalue weighted by molar-refractivity contribution is -0.919. The molecule has 0 fully saturated rings. The Hall–Kier alpha value is -1.70. The van der Waals surface area contributed by atoms with E-state index in [1.54, 1.807) is 16.2 Å². The molecule has 1 unspecified atom stereocenters. The van der Waals surface area contributed by atoms with E-state index in [9.17, 15) is 9.59 Å². The largest absolute Gasteiger partial charge is 0.355 e. The number of rotatable bonds is 7. The molecular weight excluding hydrogens is 366 g/mol. The molecule has 0 saturated heterocycles. The van der Waals surface area contributed by atoms with E-state index in [2.05, 4.69) is 34.3 Å². The fourth-order valence-electron chi connectivity index (χ4n) is 3.56. The molecule has 0 aliphatic carbocycles. The van der Waals surface area contributed by atoms with Crippen LogP contribution in [0.4, 0.5) is 0 Å². The average Bonchev–Trinajstić information content (AvgIpc) is 3.31. The van der Waals surface area contributed by atoms with Gasteiger partial charge in [-0.1, -0.05) is 6.07 Å². The Labute approximate surface area is 162 Å². The Morgan fingerprint density at radius 3 is 2.81 bits per heavy atom. The molecule has 3 heterocycles. The molecule has 2 amide bonds. The van der Waals surface area contributed by atoms with Crippen molar-refractivity contribution in [2.24, 2.45) is 0 Å². The zero-order chi connectivity index (χ0) is 18.5. The summed E-state index contributed by atoms with van der Waals surface area (Å²) < 4.78 is 0. The summed E-state index contributed by atoms with van der Waals surface area (Å²) in [5.74, 6) is -0.0414. The maximum Gasteiger partial charge on any atom is 0.278 e. The molecule has 2 atom stereocenters. The summed E-state index contributed by atoms with van der Waals surface area (Å²) >= 11 is 3.57. The van der Waals surface area contributed by atoms with Crippen molar-refractivity contribution in [3.05, 3.63) is 44.3 Å². The van der Waals surface area contributed by atoms with Crippen molar-refractivity contribution in [2.45, 2.75) is 26.3 Å². The number of nitrogens with one attached hydrogen (secondary N) is 2. The molecule has 1 aliphatic heterocycles. The lowest BCUT2D eigenvalue weighted by Crippen LogP contribution is -3.14. The smallest absolute Gasteiger partial charge is 0.278 e. The molecular formula is C19H26N3O2S2+. The van der Waals surface area contributed by atoms with Gasteiger partial charge >= 0.3 is 0 Å². The van der Waals surface area contributed by atoms with Crippen molar-refractivity contribution < 1.29 is 14.5 Å². The number of likely N-dealkylation sites (N-methyl/N-ethyl adjacent to an activating group) is 2. The van der Waals surface area contributed by atoms with Gasteiger partial charge in [-0.3, -0.25) is 9.59 Å². The van der Waals surface area contributed by atoms with Gasteiger partial charge in [-0.05, 0) is 36.7 Å². The molecule has 2 aromatic rings. The first kappa shape index (κ1) is 19.1. The van der Waals surface area contributed by atoms with Crippen molar-refractivity contribution in [3.8, 4) is 0 Å². The SMILES string of the molecule is CCNC(=O)CN(CC)C(=O)C[NH+]1CCc2sccc2[C@H]1c1cccs1. The van der Waals surface area contributed by atoms with Crippen LogP contribution in [0.25, 0.3) is 0 Å². The first-order chi connectivity index (χ1) is 12.6. The summed E-state index contributed by atoms with van der Waals surface area (Å²) in [6, 6.07) is 6.67. The standard InChI is InChI=1S/C19H25N3O2S2/c1-3-20-17(23)12-21(4-2)18(24)13-22-9-7-15-14(8-11-26-15)19(22)16-6-5-10-25-16/h5-6,8,10-11,19H,3-4,7,9,12-13H2,1-2H3,(H,20,23)/p+1/t19-/m0/s1. The second-order valence-electron chi connectivity index (χ2n) is 6.44. The number of fused-ring (bicyclic) bond motifs is 1. The van der Waals surface area contributed by atoms with E-state index >= 15 is 0 Å². The van der Waals surface area contributed by atoms with Gasteiger partial charge in [0.25, 0.3) is 5.91 Å². The molecule has 26 heavy (non-hydrogen) atoms. The highest BCUT2D eigenvalue weighted by Gasteiger charge is 2.36. The van der Waals surface area contributed by atoms with Gasteiger partial charge in [0.2, 0.25) is 5.91 Å². The van der Waals surface area contributed by atoms with Crippen molar-refractivity contribution >= 4 is 34.5 Å². The molecule has 2 N–H and O–H groups in total. The van der Waals surface area contributed by atoms with Crippen molar-refractivity contribution in [1.82, 2.24) is 10.2 Å².